The normalized spacial score (nSPS) is 10.4. The van der Waals surface area contributed by atoms with Crippen molar-refractivity contribution in [2.75, 3.05) is 5.73 Å². The second kappa shape index (κ2) is 3.35. The van der Waals surface area contributed by atoms with Gasteiger partial charge in [0.25, 0.3) is 0 Å². The number of aryl methyl sites for hydroxylation is 1. The smallest absolute Gasteiger partial charge is 0.0790 e. The molecule has 0 saturated heterocycles. The lowest BCUT2D eigenvalue weighted by Crippen LogP contribution is -1.97. The van der Waals surface area contributed by atoms with Gasteiger partial charge < -0.3 is 5.73 Å². The Bertz CT molecular complexity index is 462. The minimum atomic E-state index is 0.615. The van der Waals surface area contributed by atoms with E-state index < -0.39 is 0 Å². The minimum absolute atomic E-state index is 0.615. The highest BCUT2D eigenvalue weighted by molar-refractivity contribution is 6.30. The molecule has 0 unspecified atom stereocenters. The molecule has 1 heterocycles. The molecule has 0 spiro atoms. The van der Waals surface area contributed by atoms with E-state index in [9.17, 15) is 0 Å². The number of hydrogen-bond acceptors (Lipinski definition) is 2. The van der Waals surface area contributed by atoms with E-state index in [-0.39, 0.29) is 0 Å². The summed E-state index contributed by atoms with van der Waals surface area (Å²) < 4.78 is 1.69. The summed E-state index contributed by atoms with van der Waals surface area (Å²) in [6.45, 7) is 1.97. The van der Waals surface area contributed by atoms with Crippen molar-refractivity contribution in [3.63, 3.8) is 0 Å². The lowest BCUT2D eigenvalue weighted by molar-refractivity contribution is 0.880. The first-order valence-electron chi connectivity index (χ1n) is 4.23. The predicted octanol–water partition coefficient (Wildman–Crippen LogP) is 2.42. The highest BCUT2D eigenvalue weighted by Gasteiger charge is 2.00. The van der Waals surface area contributed by atoms with Gasteiger partial charge in [-0.15, -0.1) is 0 Å². The second-order valence-corrected chi connectivity index (χ2v) is 3.58. The Morgan fingerprint density at radius 3 is 2.79 bits per heavy atom. The summed E-state index contributed by atoms with van der Waals surface area (Å²) in [6, 6.07) is 5.79. The summed E-state index contributed by atoms with van der Waals surface area (Å²) in [5.41, 5.74) is 8.53. The number of aromatic nitrogens is 2. The van der Waals surface area contributed by atoms with Gasteiger partial charge in [-0.3, -0.25) is 0 Å². The highest BCUT2D eigenvalue weighted by Crippen LogP contribution is 2.17. The number of nitrogen functional groups attached to an aromatic ring is 1. The molecule has 0 atom stereocenters. The van der Waals surface area contributed by atoms with Crippen molar-refractivity contribution in [1.82, 2.24) is 9.78 Å². The van der Waals surface area contributed by atoms with E-state index in [1.54, 1.807) is 17.1 Å². The van der Waals surface area contributed by atoms with Crippen LogP contribution in [0.1, 0.15) is 5.56 Å². The van der Waals surface area contributed by atoms with Crippen molar-refractivity contribution in [2.45, 2.75) is 6.92 Å². The summed E-state index contributed by atoms with van der Waals surface area (Å²) in [5.74, 6) is 0. The van der Waals surface area contributed by atoms with Crippen molar-refractivity contribution < 1.29 is 0 Å². The fourth-order valence-electron chi connectivity index (χ4n) is 1.21. The van der Waals surface area contributed by atoms with Crippen LogP contribution in [0.15, 0.2) is 30.6 Å². The zero-order valence-corrected chi connectivity index (χ0v) is 8.49. The van der Waals surface area contributed by atoms with Crippen LogP contribution in [-0.2, 0) is 0 Å². The van der Waals surface area contributed by atoms with Crippen LogP contribution in [0.3, 0.4) is 0 Å². The summed E-state index contributed by atoms with van der Waals surface area (Å²) in [5, 5.41) is 4.70. The van der Waals surface area contributed by atoms with Gasteiger partial charge in [0.15, 0.2) is 0 Å². The number of rotatable bonds is 1. The maximum absolute atomic E-state index is 5.79. The van der Waals surface area contributed by atoms with Crippen LogP contribution in [0.5, 0.6) is 0 Å². The van der Waals surface area contributed by atoms with Gasteiger partial charge >= 0.3 is 0 Å². The molecule has 14 heavy (non-hydrogen) atoms. The van der Waals surface area contributed by atoms with Gasteiger partial charge in [0.2, 0.25) is 0 Å². The molecule has 72 valence electrons. The zero-order chi connectivity index (χ0) is 10.1. The van der Waals surface area contributed by atoms with Crippen LogP contribution >= 0.6 is 11.6 Å². The molecule has 2 aromatic rings. The van der Waals surface area contributed by atoms with Gasteiger partial charge in [-0.1, -0.05) is 17.7 Å². The van der Waals surface area contributed by atoms with E-state index in [2.05, 4.69) is 5.10 Å². The first-order valence-corrected chi connectivity index (χ1v) is 4.61. The third-order valence-corrected chi connectivity index (χ3v) is 2.27. The quantitative estimate of drug-likeness (QED) is 0.730. The molecule has 3 nitrogen and oxygen atoms in total. The monoisotopic (exact) mass is 207 g/mol. The average Bonchev–Trinajstić information content (AvgIpc) is 2.57. The number of nitrogens with two attached hydrogens (primary N) is 1. The molecule has 1 aromatic heterocycles. The Balaban J connectivity index is 2.47. The molecular formula is C10H10ClN3. The largest absolute Gasteiger partial charge is 0.398 e. The van der Waals surface area contributed by atoms with E-state index in [4.69, 9.17) is 17.3 Å². The predicted molar refractivity (Wildman–Crippen MR) is 57.7 cm³/mol. The van der Waals surface area contributed by atoms with Crippen molar-refractivity contribution in [2.24, 2.45) is 0 Å². The molecule has 0 radical (unpaired) electrons. The van der Waals surface area contributed by atoms with Gasteiger partial charge in [0.1, 0.15) is 0 Å². The van der Waals surface area contributed by atoms with E-state index >= 15 is 0 Å². The van der Waals surface area contributed by atoms with E-state index in [1.807, 2.05) is 25.1 Å². The molecular weight excluding hydrogens is 198 g/mol. The lowest BCUT2D eigenvalue weighted by Gasteiger charge is -2.04. The summed E-state index contributed by atoms with van der Waals surface area (Å²) in [7, 11) is 0. The molecule has 0 bridgehead atoms. The maximum atomic E-state index is 5.79. The summed E-state index contributed by atoms with van der Waals surface area (Å²) in [4.78, 5) is 0. The van der Waals surface area contributed by atoms with Crippen LogP contribution in [0.4, 0.5) is 5.69 Å². The Hall–Kier alpha value is -1.48. The summed E-state index contributed by atoms with van der Waals surface area (Å²) in [6.07, 6.45) is 3.34. The van der Waals surface area contributed by atoms with Crippen LogP contribution in [0.2, 0.25) is 5.02 Å². The molecule has 0 amide bonds. The van der Waals surface area contributed by atoms with Crippen molar-refractivity contribution in [1.29, 1.82) is 0 Å². The fraction of sp³-hybridized carbons (Fsp3) is 0.100. The Morgan fingerprint density at radius 2 is 2.21 bits per heavy atom. The van der Waals surface area contributed by atoms with Crippen molar-refractivity contribution in [3.8, 4) is 5.69 Å². The highest BCUT2D eigenvalue weighted by atomic mass is 35.5. The molecule has 1 aromatic carbocycles. The Kier molecular flexibility index (Phi) is 2.17. The van der Waals surface area contributed by atoms with Crippen LogP contribution in [0, 0.1) is 6.92 Å². The first kappa shape index (κ1) is 9.09. The molecule has 0 aliphatic rings. The molecule has 0 aliphatic heterocycles. The first-order chi connectivity index (χ1) is 6.66. The van der Waals surface area contributed by atoms with E-state index in [1.165, 1.54) is 0 Å². The SMILES string of the molecule is Cc1ccc(-n2cc(Cl)cn2)cc1N. The van der Waals surface area contributed by atoms with Crippen molar-refractivity contribution >= 4 is 17.3 Å². The Morgan fingerprint density at radius 1 is 1.43 bits per heavy atom. The lowest BCUT2D eigenvalue weighted by atomic mass is 10.2. The topological polar surface area (TPSA) is 43.8 Å². The van der Waals surface area contributed by atoms with Gasteiger partial charge in [-0.05, 0) is 24.6 Å². The third kappa shape index (κ3) is 1.59. The second-order valence-electron chi connectivity index (χ2n) is 3.14. The molecule has 2 rings (SSSR count). The van der Waals surface area contributed by atoms with Crippen LogP contribution in [0.25, 0.3) is 5.69 Å². The van der Waals surface area contributed by atoms with Crippen molar-refractivity contribution in [3.05, 3.63) is 41.2 Å². The number of anilines is 1. The van der Waals surface area contributed by atoms with Gasteiger partial charge in [0, 0.05) is 11.9 Å². The number of benzene rings is 1. The number of halogens is 1. The minimum Gasteiger partial charge on any atom is -0.398 e. The van der Waals surface area contributed by atoms with E-state index in [0.29, 0.717) is 5.02 Å². The molecule has 4 heteroatoms. The Labute approximate surface area is 87.1 Å². The zero-order valence-electron chi connectivity index (χ0n) is 7.74. The number of hydrogen-bond donors (Lipinski definition) is 1. The fourth-order valence-corrected chi connectivity index (χ4v) is 1.35. The van der Waals surface area contributed by atoms with Gasteiger partial charge in [-0.2, -0.15) is 5.10 Å². The standard InChI is InChI=1S/C10H10ClN3/c1-7-2-3-9(4-10(7)12)14-6-8(11)5-13-14/h2-6H,12H2,1H3. The molecule has 0 aliphatic carbocycles. The molecule has 0 fully saturated rings. The van der Waals surface area contributed by atoms with Crippen LogP contribution < -0.4 is 5.73 Å². The van der Waals surface area contributed by atoms with Gasteiger partial charge in [0.05, 0.1) is 16.9 Å². The third-order valence-electron chi connectivity index (χ3n) is 2.08. The van der Waals surface area contributed by atoms with Crippen LogP contribution in [-0.4, -0.2) is 9.78 Å². The molecule has 0 saturated carbocycles. The van der Waals surface area contributed by atoms with E-state index in [0.717, 1.165) is 16.9 Å². The summed E-state index contributed by atoms with van der Waals surface area (Å²) >= 11 is 5.77. The maximum Gasteiger partial charge on any atom is 0.0790 e. The molecule has 2 N–H and O–H groups in total. The average molecular weight is 208 g/mol. The number of nitrogens with zero attached hydrogens (tertiary/aromatic N) is 2. The van der Waals surface area contributed by atoms with Gasteiger partial charge in [-0.25, -0.2) is 4.68 Å².